The van der Waals surface area contributed by atoms with Gasteiger partial charge in [-0.15, -0.1) is 0 Å². The monoisotopic (exact) mass is 429 g/mol. The van der Waals surface area contributed by atoms with E-state index in [9.17, 15) is 0 Å². The first-order valence-corrected chi connectivity index (χ1v) is 9.50. The van der Waals surface area contributed by atoms with Crippen molar-refractivity contribution in [3.05, 3.63) is 72.2 Å². The Morgan fingerprint density at radius 1 is 1.08 bits per heavy atom. The molecule has 2 aromatic carbocycles. The third-order valence-electron chi connectivity index (χ3n) is 4.33. The lowest BCUT2D eigenvalue weighted by Gasteiger charge is -2.11. The number of anilines is 1. The highest BCUT2D eigenvalue weighted by Crippen LogP contribution is 2.38. The van der Waals surface area contributed by atoms with E-state index in [1.165, 1.54) is 16.5 Å². The van der Waals surface area contributed by atoms with Crippen LogP contribution in [0.3, 0.4) is 0 Å². The van der Waals surface area contributed by atoms with Crippen LogP contribution in [0.5, 0.6) is 5.75 Å². The zero-order chi connectivity index (χ0) is 16.5. The maximum absolute atomic E-state index is 6.03. The average molecular weight is 429 g/mol. The number of aromatic nitrogens is 1. The zero-order valence-corrected chi connectivity index (χ0v) is 15.6. The first-order chi connectivity index (χ1) is 11.8. The Labute approximate surface area is 155 Å². The maximum Gasteiger partial charge on any atom is 0.213 e. The number of alkyl halides is 1. The number of pyridine rings is 1. The minimum Gasteiger partial charge on any atom is -0.439 e. The van der Waals surface area contributed by atoms with Crippen LogP contribution in [0.15, 0.2) is 66.7 Å². The highest BCUT2D eigenvalue weighted by Gasteiger charge is 2.23. The van der Waals surface area contributed by atoms with E-state index in [0.29, 0.717) is 0 Å². The van der Waals surface area contributed by atoms with Crippen molar-refractivity contribution in [3.8, 4) is 5.75 Å². The SMILES string of the molecule is CN1C(=Cc2cc[n+](CCI)c3ccccc23)Oc2ccccc21. The van der Waals surface area contributed by atoms with Gasteiger partial charge in [0, 0.05) is 25.3 Å². The number of hydrogen-bond acceptors (Lipinski definition) is 2. The van der Waals surface area contributed by atoms with Gasteiger partial charge in [-0.3, -0.25) is 0 Å². The van der Waals surface area contributed by atoms with E-state index in [-0.39, 0.29) is 0 Å². The summed E-state index contributed by atoms with van der Waals surface area (Å²) in [5.41, 5.74) is 3.52. The molecule has 0 N–H and O–H groups in total. The number of para-hydroxylation sites is 3. The molecule has 4 heteroatoms. The fourth-order valence-corrected chi connectivity index (χ4v) is 3.62. The van der Waals surface area contributed by atoms with Crippen molar-refractivity contribution in [2.24, 2.45) is 0 Å². The third-order valence-corrected chi connectivity index (χ3v) is 4.82. The van der Waals surface area contributed by atoms with Crippen molar-refractivity contribution in [3.63, 3.8) is 0 Å². The first-order valence-electron chi connectivity index (χ1n) is 7.97. The number of ether oxygens (including phenoxy) is 1. The predicted molar refractivity (Wildman–Crippen MR) is 106 cm³/mol. The molecule has 0 unspecified atom stereocenters. The van der Waals surface area contributed by atoms with E-state index < -0.39 is 0 Å². The second kappa shape index (κ2) is 6.43. The van der Waals surface area contributed by atoms with Gasteiger partial charge in [-0.2, -0.15) is 4.57 Å². The highest BCUT2D eigenvalue weighted by molar-refractivity contribution is 14.1. The molecule has 120 valence electrons. The minimum absolute atomic E-state index is 0.855. The molecule has 0 bridgehead atoms. The van der Waals surface area contributed by atoms with Crippen LogP contribution < -0.4 is 14.2 Å². The molecule has 0 spiro atoms. The quantitative estimate of drug-likeness (QED) is 0.349. The summed E-state index contributed by atoms with van der Waals surface area (Å²) in [6, 6.07) is 18.8. The van der Waals surface area contributed by atoms with Crippen LogP contribution in [0.4, 0.5) is 5.69 Å². The topological polar surface area (TPSA) is 16.4 Å². The summed E-state index contributed by atoms with van der Waals surface area (Å²) < 4.78 is 9.42. The van der Waals surface area contributed by atoms with E-state index in [4.69, 9.17) is 4.74 Å². The van der Waals surface area contributed by atoms with Crippen LogP contribution >= 0.6 is 22.6 Å². The van der Waals surface area contributed by atoms with Gasteiger partial charge in [0.25, 0.3) is 0 Å². The summed E-state index contributed by atoms with van der Waals surface area (Å²) in [6.07, 6.45) is 4.28. The van der Waals surface area contributed by atoms with E-state index in [1.807, 2.05) is 25.2 Å². The third kappa shape index (κ3) is 2.65. The molecule has 0 amide bonds. The number of benzene rings is 2. The smallest absolute Gasteiger partial charge is 0.213 e. The van der Waals surface area contributed by atoms with Gasteiger partial charge in [0.1, 0.15) is 0 Å². The second-order valence-electron chi connectivity index (χ2n) is 5.78. The maximum atomic E-state index is 6.03. The van der Waals surface area contributed by atoms with Crippen LogP contribution in [0, 0.1) is 0 Å². The van der Waals surface area contributed by atoms with Crippen molar-refractivity contribution in [2.75, 3.05) is 16.4 Å². The molecule has 0 saturated heterocycles. The highest BCUT2D eigenvalue weighted by atomic mass is 127. The van der Waals surface area contributed by atoms with Crippen molar-refractivity contribution in [1.82, 2.24) is 0 Å². The Morgan fingerprint density at radius 2 is 1.88 bits per heavy atom. The molecular weight excluding hydrogens is 411 g/mol. The van der Waals surface area contributed by atoms with Crippen molar-refractivity contribution >= 4 is 45.3 Å². The van der Waals surface area contributed by atoms with E-state index >= 15 is 0 Å². The summed E-state index contributed by atoms with van der Waals surface area (Å²) in [5.74, 6) is 1.76. The van der Waals surface area contributed by atoms with E-state index in [1.54, 1.807) is 0 Å². The fraction of sp³-hybridized carbons (Fsp3) is 0.150. The minimum atomic E-state index is 0.855. The van der Waals surface area contributed by atoms with Crippen molar-refractivity contribution in [2.45, 2.75) is 6.54 Å². The zero-order valence-electron chi connectivity index (χ0n) is 13.4. The normalized spacial score (nSPS) is 14.9. The molecule has 3 nitrogen and oxygen atoms in total. The van der Waals surface area contributed by atoms with Gasteiger partial charge in [0.05, 0.1) is 15.5 Å². The molecule has 0 radical (unpaired) electrons. The molecule has 1 aliphatic heterocycles. The molecule has 2 heterocycles. The molecule has 0 atom stereocenters. The molecule has 0 saturated carbocycles. The van der Waals surface area contributed by atoms with E-state index in [2.05, 4.69) is 80.7 Å². The number of aryl methyl sites for hydroxylation is 1. The predicted octanol–water partition coefficient (Wildman–Crippen LogP) is 4.39. The standard InChI is InChI=1S/C20H18IN2O/c1-22-18-8-4-5-9-19(18)24-20(22)14-15-10-12-23(13-11-21)17-7-3-2-6-16(15)17/h2-10,12,14H,11,13H2,1H3/q+1. The summed E-state index contributed by atoms with van der Waals surface area (Å²) >= 11 is 2.42. The molecule has 24 heavy (non-hydrogen) atoms. The van der Waals surface area contributed by atoms with Crippen LogP contribution in [0.1, 0.15) is 5.56 Å². The van der Waals surface area contributed by atoms with Gasteiger partial charge in [0.2, 0.25) is 11.4 Å². The summed E-state index contributed by atoms with van der Waals surface area (Å²) in [6.45, 7) is 1.01. The van der Waals surface area contributed by atoms with Crippen LogP contribution in [0.25, 0.3) is 17.0 Å². The Balaban J connectivity index is 1.80. The van der Waals surface area contributed by atoms with Gasteiger partial charge in [0.15, 0.2) is 18.5 Å². The van der Waals surface area contributed by atoms with Crippen molar-refractivity contribution in [1.29, 1.82) is 0 Å². The lowest BCUT2D eigenvalue weighted by Crippen LogP contribution is -2.35. The molecular formula is C20H18IN2O+. The number of hydrogen-bond donors (Lipinski definition) is 0. The first kappa shape index (κ1) is 15.4. The number of fused-ring (bicyclic) bond motifs is 2. The number of halogens is 1. The van der Waals surface area contributed by atoms with Gasteiger partial charge < -0.3 is 9.64 Å². The number of nitrogens with zero attached hydrogens (tertiary/aromatic N) is 2. The average Bonchev–Trinajstić information content (AvgIpc) is 2.93. The second-order valence-corrected chi connectivity index (χ2v) is 6.86. The summed E-state index contributed by atoms with van der Waals surface area (Å²) in [4.78, 5) is 2.09. The fourth-order valence-electron chi connectivity index (χ4n) is 3.10. The van der Waals surface area contributed by atoms with Crippen LogP contribution in [-0.2, 0) is 6.54 Å². The summed E-state index contributed by atoms with van der Waals surface area (Å²) in [7, 11) is 2.04. The molecule has 4 rings (SSSR count). The van der Waals surface area contributed by atoms with Gasteiger partial charge >= 0.3 is 0 Å². The van der Waals surface area contributed by atoms with Gasteiger partial charge in [-0.1, -0.05) is 46.9 Å². The Bertz CT molecular complexity index is 936. The van der Waals surface area contributed by atoms with E-state index in [0.717, 1.165) is 28.3 Å². The van der Waals surface area contributed by atoms with Crippen molar-refractivity contribution < 1.29 is 9.30 Å². The lowest BCUT2D eigenvalue weighted by molar-refractivity contribution is -0.666. The Hall–Kier alpha value is -2.08. The molecule has 1 aromatic heterocycles. The Kier molecular flexibility index (Phi) is 4.14. The van der Waals surface area contributed by atoms with Gasteiger partial charge in [-0.05, 0) is 23.8 Å². The number of rotatable bonds is 3. The lowest BCUT2D eigenvalue weighted by atomic mass is 10.1. The molecule has 1 aliphatic rings. The van der Waals surface area contributed by atoms with Gasteiger partial charge in [-0.25, -0.2) is 0 Å². The van der Waals surface area contributed by atoms with Crippen LogP contribution in [-0.4, -0.2) is 11.5 Å². The molecule has 0 fully saturated rings. The summed E-state index contributed by atoms with van der Waals surface area (Å²) in [5, 5.41) is 1.24. The molecule has 0 aliphatic carbocycles. The molecule has 3 aromatic rings. The Morgan fingerprint density at radius 3 is 2.71 bits per heavy atom. The van der Waals surface area contributed by atoms with Crippen LogP contribution in [0.2, 0.25) is 0 Å². The largest absolute Gasteiger partial charge is 0.439 e.